The number of benzene rings is 1. The maximum absolute atomic E-state index is 13.7. The van der Waals surface area contributed by atoms with Gasteiger partial charge in [-0.1, -0.05) is 0 Å². The molecule has 1 aromatic carbocycles. The van der Waals surface area contributed by atoms with Crippen molar-refractivity contribution in [3.05, 3.63) is 35.2 Å². The highest BCUT2D eigenvalue weighted by Crippen LogP contribution is 2.24. The van der Waals surface area contributed by atoms with Gasteiger partial charge in [-0.15, -0.1) is 21.8 Å². The second kappa shape index (κ2) is 4.41. The third-order valence-corrected chi connectivity index (χ3v) is 2.81. The molecular weight excluding hydrogens is 248 g/mol. The lowest BCUT2D eigenvalue weighted by atomic mass is 10.1. The Hall–Kier alpha value is -1.49. The Morgan fingerprint density at radius 2 is 1.94 bits per heavy atom. The van der Waals surface area contributed by atoms with E-state index in [0.29, 0.717) is 17.2 Å². The molecule has 0 aliphatic carbocycles. The van der Waals surface area contributed by atoms with Gasteiger partial charge in [0, 0.05) is 13.1 Å². The molecule has 0 unspecified atom stereocenters. The number of halogens is 3. The van der Waals surface area contributed by atoms with Crippen LogP contribution in [0.25, 0.3) is 11.4 Å². The summed E-state index contributed by atoms with van der Waals surface area (Å²) in [6, 6.07) is 2.26. The highest BCUT2D eigenvalue weighted by atomic mass is 35.5. The fourth-order valence-electron chi connectivity index (χ4n) is 1.54. The van der Waals surface area contributed by atoms with Gasteiger partial charge in [-0.25, -0.2) is 8.78 Å². The molecule has 0 aliphatic heterocycles. The summed E-state index contributed by atoms with van der Waals surface area (Å²) in [6.45, 7) is 1.57. The topological polar surface area (TPSA) is 30.7 Å². The summed E-state index contributed by atoms with van der Waals surface area (Å²) in [5.41, 5.74) is 0.576. The van der Waals surface area contributed by atoms with Crippen LogP contribution in [0, 0.1) is 18.6 Å². The lowest BCUT2D eigenvalue weighted by molar-refractivity contribution is 0.578. The molecule has 0 aliphatic rings. The molecule has 0 bridgehead atoms. The Bertz CT molecular complexity index is 566. The van der Waals surface area contributed by atoms with Gasteiger partial charge in [-0.3, -0.25) is 0 Å². The molecule has 0 fully saturated rings. The first kappa shape index (κ1) is 12.0. The number of alkyl halides is 1. The van der Waals surface area contributed by atoms with Gasteiger partial charge in [0.15, 0.2) is 5.82 Å². The first-order valence-electron chi connectivity index (χ1n) is 4.95. The number of aromatic nitrogens is 3. The summed E-state index contributed by atoms with van der Waals surface area (Å²) in [7, 11) is 1.69. The number of nitrogens with zero attached hydrogens (tertiary/aromatic N) is 3. The van der Waals surface area contributed by atoms with Gasteiger partial charge in [0.25, 0.3) is 0 Å². The van der Waals surface area contributed by atoms with Gasteiger partial charge in [-0.05, 0) is 18.6 Å². The van der Waals surface area contributed by atoms with Crippen LogP contribution in [0.3, 0.4) is 0 Å². The van der Waals surface area contributed by atoms with E-state index in [1.54, 1.807) is 18.5 Å². The molecule has 0 amide bonds. The molecule has 1 aromatic heterocycles. The molecular formula is C11H10ClF2N3. The lowest BCUT2D eigenvalue weighted by Gasteiger charge is -2.05. The molecule has 6 heteroatoms. The molecule has 90 valence electrons. The third-order valence-electron chi connectivity index (χ3n) is 2.57. The summed E-state index contributed by atoms with van der Waals surface area (Å²) in [6.07, 6.45) is 0. The van der Waals surface area contributed by atoms with E-state index in [0.717, 1.165) is 6.07 Å². The molecule has 1 heterocycles. The van der Waals surface area contributed by atoms with Gasteiger partial charge >= 0.3 is 0 Å². The van der Waals surface area contributed by atoms with Crippen molar-refractivity contribution in [2.24, 2.45) is 7.05 Å². The molecule has 0 N–H and O–H groups in total. The van der Waals surface area contributed by atoms with E-state index in [-0.39, 0.29) is 11.4 Å². The van der Waals surface area contributed by atoms with E-state index in [4.69, 9.17) is 11.6 Å². The number of hydrogen-bond acceptors (Lipinski definition) is 2. The summed E-state index contributed by atoms with van der Waals surface area (Å²) in [5, 5.41) is 7.68. The fraction of sp³-hybridized carbons (Fsp3) is 0.273. The van der Waals surface area contributed by atoms with Crippen LogP contribution in [0.5, 0.6) is 0 Å². The van der Waals surface area contributed by atoms with Gasteiger partial charge in [-0.2, -0.15) is 0 Å². The van der Waals surface area contributed by atoms with Crippen molar-refractivity contribution in [1.29, 1.82) is 0 Å². The van der Waals surface area contributed by atoms with Crippen molar-refractivity contribution in [2.45, 2.75) is 12.8 Å². The molecule has 2 aromatic rings. The Kier molecular flexibility index (Phi) is 3.11. The summed E-state index contributed by atoms with van der Waals surface area (Å²) in [4.78, 5) is 0. The van der Waals surface area contributed by atoms with Crippen molar-refractivity contribution >= 4 is 11.6 Å². The highest BCUT2D eigenvalue weighted by Gasteiger charge is 2.15. The number of aryl methyl sites for hydroxylation is 1. The second-order valence-electron chi connectivity index (χ2n) is 3.71. The second-order valence-corrected chi connectivity index (χ2v) is 3.98. The predicted molar refractivity (Wildman–Crippen MR) is 60.6 cm³/mol. The standard InChI is InChI=1S/C11H10ClF2N3/c1-6-3-7(9(14)4-8(6)13)11-16-15-10(5-12)17(11)2/h3-4H,5H2,1-2H3. The molecule has 0 radical (unpaired) electrons. The van der Waals surface area contributed by atoms with Crippen LogP contribution in [0.1, 0.15) is 11.4 Å². The lowest BCUT2D eigenvalue weighted by Crippen LogP contribution is -2.00. The maximum Gasteiger partial charge on any atom is 0.166 e. The fourth-order valence-corrected chi connectivity index (χ4v) is 1.77. The molecule has 0 atom stereocenters. The summed E-state index contributed by atoms with van der Waals surface area (Å²) >= 11 is 5.65. The molecule has 0 saturated heterocycles. The highest BCUT2D eigenvalue weighted by molar-refractivity contribution is 6.16. The first-order valence-corrected chi connectivity index (χ1v) is 5.48. The van der Waals surface area contributed by atoms with Crippen LogP contribution in [-0.2, 0) is 12.9 Å². The minimum Gasteiger partial charge on any atom is -0.313 e. The average molecular weight is 258 g/mol. The van der Waals surface area contributed by atoms with Crippen molar-refractivity contribution in [1.82, 2.24) is 14.8 Å². The van der Waals surface area contributed by atoms with Crippen molar-refractivity contribution in [3.63, 3.8) is 0 Å². The molecule has 2 rings (SSSR count). The Labute approximate surface area is 102 Å². The summed E-state index contributed by atoms with van der Waals surface area (Å²) < 4.78 is 28.4. The van der Waals surface area contributed by atoms with Crippen LogP contribution in [0.15, 0.2) is 12.1 Å². The smallest absolute Gasteiger partial charge is 0.166 e. The zero-order valence-electron chi connectivity index (χ0n) is 9.34. The minimum atomic E-state index is -0.662. The monoisotopic (exact) mass is 257 g/mol. The van der Waals surface area contributed by atoms with Gasteiger partial charge in [0.05, 0.1) is 11.4 Å². The Morgan fingerprint density at radius 3 is 2.53 bits per heavy atom. The van der Waals surface area contributed by atoms with Gasteiger partial charge in [0.2, 0.25) is 0 Å². The largest absolute Gasteiger partial charge is 0.313 e. The van der Waals surface area contributed by atoms with E-state index in [1.807, 2.05) is 0 Å². The van der Waals surface area contributed by atoms with Gasteiger partial charge < -0.3 is 4.57 Å². The molecule has 0 saturated carbocycles. The number of rotatable bonds is 2. The van der Waals surface area contributed by atoms with Crippen molar-refractivity contribution < 1.29 is 8.78 Å². The van der Waals surface area contributed by atoms with Crippen molar-refractivity contribution in [3.8, 4) is 11.4 Å². The molecule has 0 spiro atoms. The predicted octanol–water partition coefficient (Wildman–Crippen LogP) is 2.81. The Morgan fingerprint density at radius 1 is 1.24 bits per heavy atom. The van der Waals surface area contributed by atoms with E-state index in [2.05, 4.69) is 10.2 Å². The van der Waals surface area contributed by atoms with E-state index < -0.39 is 11.6 Å². The first-order chi connectivity index (χ1) is 8.04. The van der Waals surface area contributed by atoms with Crippen LogP contribution in [0.4, 0.5) is 8.78 Å². The normalized spacial score (nSPS) is 10.9. The van der Waals surface area contributed by atoms with E-state index in [1.165, 1.54) is 6.07 Å². The quantitative estimate of drug-likeness (QED) is 0.775. The minimum absolute atomic E-state index is 0.186. The Balaban J connectivity index is 2.60. The average Bonchev–Trinajstić information content (AvgIpc) is 2.65. The van der Waals surface area contributed by atoms with E-state index in [9.17, 15) is 8.78 Å². The van der Waals surface area contributed by atoms with Crippen LogP contribution in [-0.4, -0.2) is 14.8 Å². The van der Waals surface area contributed by atoms with Crippen LogP contribution in [0.2, 0.25) is 0 Å². The van der Waals surface area contributed by atoms with Crippen LogP contribution >= 0.6 is 11.6 Å². The van der Waals surface area contributed by atoms with Crippen molar-refractivity contribution in [2.75, 3.05) is 0 Å². The molecule has 3 nitrogen and oxygen atoms in total. The summed E-state index contributed by atoms with van der Waals surface area (Å²) in [5.74, 6) is -0.189. The SMILES string of the molecule is Cc1cc(-c2nnc(CCl)n2C)c(F)cc1F. The zero-order valence-corrected chi connectivity index (χ0v) is 10.1. The third kappa shape index (κ3) is 2.02. The molecule has 17 heavy (non-hydrogen) atoms. The van der Waals surface area contributed by atoms with Gasteiger partial charge in [0.1, 0.15) is 17.5 Å². The number of hydrogen-bond donors (Lipinski definition) is 0. The maximum atomic E-state index is 13.7. The zero-order chi connectivity index (χ0) is 12.6. The van der Waals surface area contributed by atoms with Crippen LogP contribution < -0.4 is 0 Å². The van der Waals surface area contributed by atoms with E-state index >= 15 is 0 Å².